The van der Waals surface area contributed by atoms with E-state index in [1.165, 1.54) is 0 Å². The molecular formula is C47H49N9O6. The number of piperazine rings is 1. The summed E-state index contributed by atoms with van der Waals surface area (Å²) < 4.78 is 6.58. The van der Waals surface area contributed by atoms with Gasteiger partial charge in [-0.15, -0.1) is 0 Å². The number of hydrogen-bond donors (Lipinski definition) is 2. The molecule has 4 atom stereocenters. The Morgan fingerprint density at radius 3 is 2.40 bits per heavy atom. The van der Waals surface area contributed by atoms with Crippen molar-refractivity contribution in [3.63, 3.8) is 0 Å². The quantitative estimate of drug-likeness (QED) is 0.242. The van der Waals surface area contributed by atoms with E-state index in [0.29, 0.717) is 33.7 Å². The molecule has 5 amide bonds. The van der Waals surface area contributed by atoms with Gasteiger partial charge in [-0.3, -0.25) is 44.1 Å². The first kappa shape index (κ1) is 39.7. The van der Waals surface area contributed by atoms with Crippen LogP contribution in [0.15, 0.2) is 60.9 Å². The second kappa shape index (κ2) is 14.9. The van der Waals surface area contributed by atoms with E-state index >= 15 is 0 Å². The molecule has 10 rings (SSSR count). The molecule has 7 heterocycles. The molecule has 0 spiro atoms. The van der Waals surface area contributed by atoms with Gasteiger partial charge in [0.25, 0.3) is 17.7 Å². The maximum Gasteiger partial charge on any atom is 0.262 e. The maximum atomic E-state index is 13.8. The van der Waals surface area contributed by atoms with Crippen LogP contribution in [0.5, 0.6) is 5.75 Å². The Kier molecular flexibility index (Phi) is 9.55. The number of imide groups is 2. The normalized spacial score (nSPS) is 25.7. The number of amides is 5. The largest absolute Gasteiger partial charge is 0.488 e. The molecule has 15 heteroatoms. The number of nitriles is 1. The number of benzene rings is 2. The molecule has 2 aromatic carbocycles. The lowest BCUT2D eigenvalue weighted by atomic mass is 9.45. The topological polar surface area (TPSA) is 181 Å². The molecule has 5 aliphatic heterocycles. The number of aromatic nitrogens is 2. The van der Waals surface area contributed by atoms with Gasteiger partial charge in [0.2, 0.25) is 11.8 Å². The SMILES string of the molecule is CC1(C)[C@H](NC(=O)c2ccc(N3CCC(CCN4CCN(c5ccc6c(c5)C(=O)N(C5CCC(=O)NC5=O)C6=O)CC4)CC3)nc2)C2(C)c3ccnc4c(C#N)ccc(c34)O[C@@H]12. The molecule has 6 aliphatic rings. The van der Waals surface area contributed by atoms with Crippen molar-refractivity contribution in [1.82, 2.24) is 30.4 Å². The summed E-state index contributed by atoms with van der Waals surface area (Å²) in [6.07, 6.45) is 6.73. The molecule has 0 bridgehead atoms. The average Bonchev–Trinajstić information content (AvgIpc) is 3.53. The summed E-state index contributed by atoms with van der Waals surface area (Å²) in [6, 6.07) is 15.8. The predicted molar refractivity (Wildman–Crippen MR) is 229 cm³/mol. The third-order valence-electron chi connectivity index (χ3n) is 14.6. The first-order valence-electron chi connectivity index (χ1n) is 21.7. The number of carbonyl (C=O) groups is 5. The molecule has 2 unspecified atom stereocenters. The van der Waals surface area contributed by atoms with Crippen molar-refractivity contribution in [2.75, 3.05) is 55.6 Å². The molecule has 4 aromatic rings. The summed E-state index contributed by atoms with van der Waals surface area (Å²) in [4.78, 5) is 81.7. The number of nitrogens with zero attached hydrogens (tertiary/aromatic N) is 7. The van der Waals surface area contributed by atoms with Gasteiger partial charge in [-0.2, -0.15) is 5.26 Å². The lowest BCUT2D eigenvalue weighted by Crippen LogP contribution is -2.78. The first-order valence-corrected chi connectivity index (χ1v) is 21.7. The fourth-order valence-electron chi connectivity index (χ4n) is 11.3. The van der Waals surface area contributed by atoms with Crippen LogP contribution in [-0.4, -0.2) is 113 Å². The van der Waals surface area contributed by atoms with Crippen LogP contribution in [0, 0.1) is 22.7 Å². The van der Waals surface area contributed by atoms with E-state index in [1.807, 2.05) is 30.3 Å². The van der Waals surface area contributed by atoms with E-state index in [4.69, 9.17) is 9.72 Å². The standard InChI is InChI=1S/C47H49N9O6/c1-46(2)44(47(3)33-12-16-49-39-28(25-48)4-9-35(38(33)39)62-45(46)47)52-40(58)29-5-10-36(50-26-29)55-18-14-27(15-19-55)13-17-53-20-22-54(23-21-53)30-6-7-31-32(24-30)43(61)56(42(31)60)34-8-11-37(57)51-41(34)59/h4-7,9-10,12,16,24,26-27,34,44-45H,8,11,13-15,17-23H2,1-3H3,(H,52,58)(H,51,57,59)/t34?,44-,45-,47?/m0/s1. The molecule has 2 N–H and O–H groups in total. The fraction of sp³-hybridized carbons (Fsp3) is 0.447. The van der Waals surface area contributed by atoms with E-state index in [1.54, 1.807) is 30.6 Å². The van der Waals surface area contributed by atoms with Crippen LogP contribution in [0.1, 0.15) is 95.1 Å². The monoisotopic (exact) mass is 835 g/mol. The second-order valence-electron chi connectivity index (χ2n) is 18.4. The van der Waals surface area contributed by atoms with Crippen LogP contribution < -0.4 is 25.2 Å². The number of carbonyl (C=O) groups excluding carboxylic acids is 5. The lowest BCUT2D eigenvalue weighted by Gasteiger charge is -2.66. The summed E-state index contributed by atoms with van der Waals surface area (Å²) >= 11 is 0. The van der Waals surface area contributed by atoms with Crippen LogP contribution >= 0.6 is 0 Å². The molecule has 62 heavy (non-hydrogen) atoms. The predicted octanol–water partition coefficient (Wildman–Crippen LogP) is 4.19. The number of anilines is 2. The number of hydrogen-bond acceptors (Lipinski definition) is 12. The lowest BCUT2D eigenvalue weighted by molar-refractivity contribution is -0.136. The van der Waals surface area contributed by atoms with Gasteiger partial charge >= 0.3 is 0 Å². The Balaban J connectivity index is 0.699. The molecule has 3 saturated heterocycles. The van der Waals surface area contributed by atoms with Crippen molar-refractivity contribution in [2.24, 2.45) is 11.3 Å². The van der Waals surface area contributed by atoms with E-state index in [9.17, 15) is 29.2 Å². The van der Waals surface area contributed by atoms with Crippen molar-refractivity contribution in [1.29, 1.82) is 5.26 Å². The van der Waals surface area contributed by atoms with Crippen LogP contribution in [0.25, 0.3) is 10.9 Å². The van der Waals surface area contributed by atoms with Gasteiger partial charge in [0.1, 0.15) is 29.8 Å². The smallest absolute Gasteiger partial charge is 0.262 e. The van der Waals surface area contributed by atoms with Gasteiger partial charge in [0.15, 0.2) is 0 Å². The third kappa shape index (κ3) is 6.29. The summed E-state index contributed by atoms with van der Waals surface area (Å²) in [5.41, 5.74) is 3.26. The van der Waals surface area contributed by atoms with Crippen molar-refractivity contribution in [2.45, 2.75) is 76.5 Å². The number of piperidine rings is 2. The zero-order valence-electron chi connectivity index (χ0n) is 35.1. The molecule has 1 aliphatic carbocycles. The zero-order valence-corrected chi connectivity index (χ0v) is 35.1. The van der Waals surface area contributed by atoms with Gasteiger partial charge in [-0.1, -0.05) is 13.8 Å². The van der Waals surface area contributed by atoms with Gasteiger partial charge in [0, 0.05) is 74.6 Å². The molecule has 2 aromatic heterocycles. The summed E-state index contributed by atoms with van der Waals surface area (Å²) in [5, 5.41) is 16.2. The van der Waals surface area contributed by atoms with Crippen LogP contribution in [-0.2, 0) is 15.0 Å². The van der Waals surface area contributed by atoms with Crippen molar-refractivity contribution in [3.05, 3.63) is 88.7 Å². The number of pyridine rings is 2. The minimum atomic E-state index is -0.975. The maximum absolute atomic E-state index is 13.8. The summed E-state index contributed by atoms with van der Waals surface area (Å²) in [5.74, 6) is 0.0499. The van der Waals surface area contributed by atoms with E-state index in [2.05, 4.69) is 57.2 Å². The molecule has 0 radical (unpaired) electrons. The highest BCUT2D eigenvalue weighted by atomic mass is 16.5. The fourth-order valence-corrected chi connectivity index (χ4v) is 11.3. The highest BCUT2D eigenvalue weighted by molar-refractivity contribution is 6.23. The van der Waals surface area contributed by atoms with Crippen LogP contribution in [0.4, 0.5) is 11.5 Å². The van der Waals surface area contributed by atoms with E-state index in [-0.39, 0.29) is 36.3 Å². The number of nitrogens with one attached hydrogen (secondary N) is 2. The van der Waals surface area contributed by atoms with E-state index in [0.717, 1.165) is 98.2 Å². The molecule has 1 saturated carbocycles. The number of fused-ring (bicyclic) bond motifs is 3. The second-order valence-corrected chi connectivity index (χ2v) is 18.4. The van der Waals surface area contributed by atoms with Gasteiger partial charge in [-0.25, -0.2) is 4.98 Å². The summed E-state index contributed by atoms with van der Waals surface area (Å²) in [6.45, 7) is 12.6. The Bertz CT molecular complexity index is 2590. The number of rotatable bonds is 8. The number of ether oxygens (including phenoxy) is 1. The minimum absolute atomic E-state index is 0.0901. The Morgan fingerprint density at radius 1 is 0.903 bits per heavy atom. The Morgan fingerprint density at radius 2 is 1.68 bits per heavy atom. The average molecular weight is 836 g/mol. The van der Waals surface area contributed by atoms with Gasteiger partial charge < -0.3 is 19.9 Å². The molecule has 4 fully saturated rings. The molecular weight excluding hydrogens is 787 g/mol. The third-order valence-corrected chi connectivity index (χ3v) is 14.6. The Hall–Kier alpha value is -6.40. The molecule has 15 nitrogen and oxygen atoms in total. The van der Waals surface area contributed by atoms with Crippen molar-refractivity contribution >= 4 is 51.9 Å². The van der Waals surface area contributed by atoms with Crippen molar-refractivity contribution < 1.29 is 28.7 Å². The van der Waals surface area contributed by atoms with E-state index < -0.39 is 35.1 Å². The first-order chi connectivity index (χ1) is 29.9. The van der Waals surface area contributed by atoms with Crippen molar-refractivity contribution in [3.8, 4) is 11.8 Å². The van der Waals surface area contributed by atoms with Crippen LogP contribution in [0.2, 0.25) is 0 Å². The molecule has 318 valence electrons. The zero-order chi connectivity index (χ0) is 43.1. The van der Waals surface area contributed by atoms with Gasteiger partial charge in [-0.05, 0) is 99.2 Å². The highest BCUT2D eigenvalue weighted by Gasteiger charge is 2.69. The minimum Gasteiger partial charge on any atom is -0.488 e. The van der Waals surface area contributed by atoms with Gasteiger partial charge in [0.05, 0.1) is 39.2 Å². The Labute approximate surface area is 359 Å². The summed E-state index contributed by atoms with van der Waals surface area (Å²) in [7, 11) is 0. The highest BCUT2D eigenvalue weighted by Crippen LogP contribution is 2.61. The van der Waals surface area contributed by atoms with Crippen LogP contribution in [0.3, 0.4) is 0 Å².